The molecular formula is C12H15FN4O2S. The largest absolute Gasteiger partial charge is 0.396 e. The van der Waals surface area contributed by atoms with E-state index < -0.39 is 15.8 Å². The van der Waals surface area contributed by atoms with Crippen molar-refractivity contribution in [3.8, 4) is 0 Å². The molecule has 2 aromatic rings. The first-order chi connectivity index (χ1) is 9.40. The van der Waals surface area contributed by atoms with E-state index >= 15 is 0 Å². The fourth-order valence-electron chi connectivity index (χ4n) is 1.73. The Bertz CT molecular complexity index is 675. The SMILES string of the molecule is Cc1cc(S(=O)(=O)NCCn2ccnc2)cc(N)c1F. The molecule has 0 unspecified atom stereocenters. The van der Waals surface area contributed by atoms with Crippen LogP contribution in [-0.2, 0) is 16.6 Å². The van der Waals surface area contributed by atoms with Gasteiger partial charge in [0, 0.05) is 25.5 Å². The van der Waals surface area contributed by atoms with Gasteiger partial charge in [-0.1, -0.05) is 0 Å². The fraction of sp³-hybridized carbons (Fsp3) is 0.250. The van der Waals surface area contributed by atoms with Crippen molar-refractivity contribution in [2.75, 3.05) is 12.3 Å². The first kappa shape index (κ1) is 14.5. The van der Waals surface area contributed by atoms with E-state index in [9.17, 15) is 12.8 Å². The lowest BCUT2D eigenvalue weighted by Crippen LogP contribution is -2.27. The second-order valence-corrected chi connectivity index (χ2v) is 6.11. The van der Waals surface area contributed by atoms with E-state index in [1.807, 2.05) is 0 Å². The maximum atomic E-state index is 13.4. The zero-order valence-corrected chi connectivity index (χ0v) is 11.7. The molecule has 1 aromatic carbocycles. The van der Waals surface area contributed by atoms with E-state index in [4.69, 9.17) is 5.73 Å². The van der Waals surface area contributed by atoms with Crippen LogP contribution in [0.4, 0.5) is 10.1 Å². The van der Waals surface area contributed by atoms with Crippen molar-refractivity contribution in [2.45, 2.75) is 18.4 Å². The molecule has 0 aliphatic carbocycles. The highest BCUT2D eigenvalue weighted by atomic mass is 32.2. The van der Waals surface area contributed by atoms with Crippen molar-refractivity contribution in [1.29, 1.82) is 0 Å². The third-order valence-corrected chi connectivity index (χ3v) is 4.23. The average Bonchev–Trinajstić information content (AvgIpc) is 2.88. The summed E-state index contributed by atoms with van der Waals surface area (Å²) in [5.74, 6) is -0.595. The van der Waals surface area contributed by atoms with Gasteiger partial charge in [-0.05, 0) is 24.6 Å². The molecular weight excluding hydrogens is 283 g/mol. The molecule has 0 aliphatic heterocycles. The molecule has 0 aliphatic rings. The Morgan fingerprint density at radius 3 is 2.80 bits per heavy atom. The van der Waals surface area contributed by atoms with Gasteiger partial charge in [0.25, 0.3) is 0 Å². The van der Waals surface area contributed by atoms with Gasteiger partial charge in [0.15, 0.2) is 0 Å². The summed E-state index contributed by atoms with van der Waals surface area (Å²) in [5, 5.41) is 0. The van der Waals surface area contributed by atoms with Crippen molar-refractivity contribution in [3.63, 3.8) is 0 Å². The topological polar surface area (TPSA) is 90.0 Å². The molecule has 0 amide bonds. The molecule has 6 nitrogen and oxygen atoms in total. The smallest absolute Gasteiger partial charge is 0.240 e. The normalized spacial score (nSPS) is 11.7. The minimum absolute atomic E-state index is 0.0421. The molecule has 1 heterocycles. The van der Waals surface area contributed by atoms with Crippen molar-refractivity contribution < 1.29 is 12.8 Å². The van der Waals surface area contributed by atoms with E-state index in [1.54, 1.807) is 23.3 Å². The number of rotatable bonds is 5. The molecule has 8 heteroatoms. The highest BCUT2D eigenvalue weighted by Gasteiger charge is 2.16. The summed E-state index contributed by atoms with van der Waals surface area (Å²) in [4.78, 5) is 3.81. The zero-order valence-electron chi connectivity index (χ0n) is 10.9. The number of hydrogen-bond acceptors (Lipinski definition) is 4. The van der Waals surface area contributed by atoms with Crippen LogP contribution in [0.5, 0.6) is 0 Å². The average molecular weight is 298 g/mol. The number of nitrogens with two attached hydrogens (primary N) is 1. The molecule has 0 atom stereocenters. The van der Waals surface area contributed by atoms with Gasteiger partial charge in [0.05, 0.1) is 16.9 Å². The third-order valence-electron chi connectivity index (χ3n) is 2.79. The number of anilines is 1. The number of nitrogen functional groups attached to an aromatic ring is 1. The number of nitrogens with one attached hydrogen (secondary N) is 1. The Hall–Kier alpha value is -1.93. The Morgan fingerprint density at radius 1 is 1.45 bits per heavy atom. The summed E-state index contributed by atoms with van der Waals surface area (Å²) in [6.45, 7) is 2.13. The van der Waals surface area contributed by atoms with Gasteiger partial charge in [-0.15, -0.1) is 0 Å². The Labute approximate surface area is 116 Å². The van der Waals surface area contributed by atoms with Crippen LogP contribution in [0.3, 0.4) is 0 Å². The first-order valence-corrected chi connectivity index (χ1v) is 7.39. The molecule has 0 radical (unpaired) electrons. The van der Waals surface area contributed by atoms with Gasteiger partial charge in [0.1, 0.15) is 5.82 Å². The Kier molecular flexibility index (Phi) is 4.05. The van der Waals surface area contributed by atoms with Gasteiger partial charge in [-0.25, -0.2) is 22.5 Å². The quantitative estimate of drug-likeness (QED) is 0.802. The van der Waals surface area contributed by atoms with Crippen LogP contribution in [0, 0.1) is 12.7 Å². The van der Waals surface area contributed by atoms with E-state index in [2.05, 4.69) is 9.71 Å². The maximum Gasteiger partial charge on any atom is 0.240 e. The molecule has 3 N–H and O–H groups in total. The monoisotopic (exact) mass is 298 g/mol. The van der Waals surface area contributed by atoms with Crippen LogP contribution in [0.15, 0.2) is 35.7 Å². The van der Waals surface area contributed by atoms with Crippen molar-refractivity contribution in [1.82, 2.24) is 14.3 Å². The number of benzene rings is 1. The van der Waals surface area contributed by atoms with Gasteiger partial charge in [-0.3, -0.25) is 0 Å². The second-order valence-electron chi connectivity index (χ2n) is 4.34. The second kappa shape index (κ2) is 5.59. The highest BCUT2D eigenvalue weighted by molar-refractivity contribution is 7.89. The number of nitrogens with zero attached hydrogens (tertiary/aromatic N) is 2. The predicted octanol–water partition coefficient (Wildman–Crippen LogP) is 0.891. The van der Waals surface area contributed by atoms with Gasteiger partial charge in [-0.2, -0.15) is 0 Å². The molecule has 108 valence electrons. The van der Waals surface area contributed by atoms with E-state index in [1.165, 1.54) is 13.0 Å². The van der Waals surface area contributed by atoms with Crippen LogP contribution >= 0.6 is 0 Å². The number of halogens is 1. The zero-order chi connectivity index (χ0) is 14.8. The van der Waals surface area contributed by atoms with Gasteiger partial charge >= 0.3 is 0 Å². The number of hydrogen-bond donors (Lipinski definition) is 2. The number of aryl methyl sites for hydroxylation is 1. The van der Waals surface area contributed by atoms with Crippen LogP contribution < -0.4 is 10.5 Å². The lowest BCUT2D eigenvalue weighted by Gasteiger charge is -2.09. The summed E-state index contributed by atoms with van der Waals surface area (Å²) in [6, 6.07) is 2.37. The number of sulfonamides is 1. The summed E-state index contributed by atoms with van der Waals surface area (Å²) in [6.07, 6.45) is 4.93. The van der Waals surface area contributed by atoms with Crippen molar-refractivity contribution >= 4 is 15.7 Å². The molecule has 0 spiro atoms. The first-order valence-electron chi connectivity index (χ1n) is 5.91. The molecule has 0 saturated heterocycles. The summed E-state index contributed by atoms with van der Waals surface area (Å²) < 4.78 is 41.7. The van der Waals surface area contributed by atoms with E-state index in [0.29, 0.717) is 6.54 Å². The van der Waals surface area contributed by atoms with Crippen LogP contribution in [0.2, 0.25) is 0 Å². The Balaban J connectivity index is 2.10. The molecule has 20 heavy (non-hydrogen) atoms. The minimum Gasteiger partial charge on any atom is -0.396 e. The fourth-order valence-corrected chi connectivity index (χ4v) is 2.87. The van der Waals surface area contributed by atoms with Crippen molar-refractivity contribution in [2.24, 2.45) is 0 Å². The number of aromatic nitrogens is 2. The maximum absolute atomic E-state index is 13.4. The summed E-state index contributed by atoms with van der Waals surface area (Å²) >= 11 is 0. The molecule has 0 fully saturated rings. The lowest BCUT2D eigenvalue weighted by molar-refractivity contribution is 0.572. The third kappa shape index (κ3) is 3.14. The van der Waals surface area contributed by atoms with Crippen LogP contribution in [0.1, 0.15) is 5.56 Å². The Morgan fingerprint density at radius 2 is 2.20 bits per heavy atom. The van der Waals surface area contributed by atoms with Gasteiger partial charge in [0.2, 0.25) is 10.0 Å². The lowest BCUT2D eigenvalue weighted by atomic mass is 10.2. The standard InChI is InChI=1S/C12H15FN4O2S/c1-9-6-10(7-11(14)12(9)13)20(18,19)16-3-5-17-4-2-15-8-17/h2,4,6-8,16H,3,5,14H2,1H3. The minimum atomic E-state index is -3.71. The molecule has 1 aromatic heterocycles. The van der Waals surface area contributed by atoms with Crippen LogP contribution in [-0.4, -0.2) is 24.5 Å². The van der Waals surface area contributed by atoms with Gasteiger partial charge < -0.3 is 10.3 Å². The van der Waals surface area contributed by atoms with E-state index in [-0.39, 0.29) is 22.7 Å². The number of imidazole rings is 1. The van der Waals surface area contributed by atoms with Crippen LogP contribution in [0.25, 0.3) is 0 Å². The summed E-state index contributed by atoms with van der Waals surface area (Å²) in [5.41, 5.74) is 5.46. The van der Waals surface area contributed by atoms with E-state index in [0.717, 1.165) is 6.07 Å². The molecule has 2 rings (SSSR count). The van der Waals surface area contributed by atoms with Crippen molar-refractivity contribution in [3.05, 3.63) is 42.2 Å². The molecule has 0 saturated carbocycles. The molecule has 0 bridgehead atoms. The predicted molar refractivity (Wildman–Crippen MR) is 73.0 cm³/mol. The summed E-state index contributed by atoms with van der Waals surface area (Å²) in [7, 11) is -3.71. The highest BCUT2D eigenvalue weighted by Crippen LogP contribution is 2.20.